The Morgan fingerprint density at radius 1 is 1.57 bits per heavy atom. The van der Waals surface area contributed by atoms with E-state index in [4.69, 9.17) is 16.0 Å². The van der Waals surface area contributed by atoms with Crippen LogP contribution in [0.1, 0.15) is 5.89 Å². The summed E-state index contributed by atoms with van der Waals surface area (Å²) in [6.07, 6.45) is 1.46. The second kappa shape index (κ2) is 3.62. The number of aromatic nitrogens is 1. The van der Waals surface area contributed by atoms with Crippen molar-refractivity contribution in [2.24, 2.45) is 4.99 Å². The minimum atomic E-state index is 0.193. The molecule has 1 aromatic carbocycles. The number of halogens is 1. The Kier molecular flexibility index (Phi) is 2.31. The van der Waals surface area contributed by atoms with Crippen molar-refractivity contribution in [3.8, 4) is 0 Å². The number of alkyl halides is 1. The van der Waals surface area contributed by atoms with Gasteiger partial charge >= 0.3 is 0 Å². The van der Waals surface area contributed by atoms with E-state index in [9.17, 15) is 4.79 Å². The fourth-order valence-corrected chi connectivity index (χ4v) is 1.29. The fraction of sp³-hybridized carbons (Fsp3) is 0.111. The Morgan fingerprint density at radius 3 is 3.14 bits per heavy atom. The lowest BCUT2D eigenvalue weighted by atomic mass is 10.3. The standard InChI is InChI=1S/C9H5ClN2O2/c10-4-8-12-7-3-1-2-6(11-5-13)9(7)14-8/h1-3H,4H2. The number of hydrogen-bond acceptors (Lipinski definition) is 4. The van der Waals surface area contributed by atoms with Crippen LogP contribution in [0.3, 0.4) is 0 Å². The Labute approximate surface area is 84.2 Å². The van der Waals surface area contributed by atoms with Gasteiger partial charge in [0.15, 0.2) is 5.58 Å². The average molecular weight is 209 g/mol. The van der Waals surface area contributed by atoms with E-state index >= 15 is 0 Å². The first-order chi connectivity index (χ1) is 6.85. The van der Waals surface area contributed by atoms with Gasteiger partial charge < -0.3 is 4.42 Å². The van der Waals surface area contributed by atoms with Crippen LogP contribution in [-0.2, 0) is 10.7 Å². The van der Waals surface area contributed by atoms with Crippen molar-refractivity contribution in [3.63, 3.8) is 0 Å². The molecule has 5 heteroatoms. The molecule has 0 radical (unpaired) electrons. The smallest absolute Gasteiger partial charge is 0.240 e. The molecule has 14 heavy (non-hydrogen) atoms. The number of rotatable bonds is 2. The molecule has 1 heterocycles. The number of isocyanates is 1. The van der Waals surface area contributed by atoms with Crippen molar-refractivity contribution in [2.45, 2.75) is 5.88 Å². The molecule has 2 aromatic rings. The summed E-state index contributed by atoms with van der Waals surface area (Å²) in [5, 5.41) is 0. The number of nitrogens with zero attached hydrogens (tertiary/aromatic N) is 2. The largest absolute Gasteiger partial charge is 0.437 e. The molecule has 0 saturated carbocycles. The summed E-state index contributed by atoms with van der Waals surface area (Å²) in [7, 11) is 0. The molecule has 0 N–H and O–H groups in total. The van der Waals surface area contributed by atoms with E-state index in [1.165, 1.54) is 6.08 Å². The highest BCUT2D eigenvalue weighted by atomic mass is 35.5. The molecule has 0 aliphatic heterocycles. The van der Waals surface area contributed by atoms with Gasteiger partial charge in [0.05, 0.1) is 5.88 Å². The van der Waals surface area contributed by atoms with E-state index in [-0.39, 0.29) is 5.88 Å². The predicted molar refractivity (Wildman–Crippen MR) is 51.3 cm³/mol. The molecule has 0 fully saturated rings. The summed E-state index contributed by atoms with van der Waals surface area (Å²) >= 11 is 5.56. The summed E-state index contributed by atoms with van der Waals surface area (Å²) in [4.78, 5) is 17.7. The van der Waals surface area contributed by atoms with Crippen LogP contribution >= 0.6 is 11.6 Å². The van der Waals surface area contributed by atoms with Gasteiger partial charge in [-0.05, 0) is 12.1 Å². The highest BCUT2D eigenvalue weighted by molar-refractivity contribution is 6.16. The van der Waals surface area contributed by atoms with E-state index in [1.807, 2.05) is 0 Å². The number of oxazole rings is 1. The third kappa shape index (κ3) is 1.41. The van der Waals surface area contributed by atoms with Gasteiger partial charge in [-0.15, -0.1) is 11.6 Å². The van der Waals surface area contributed by atoms with Crippen LogP contribution in [0.4, 0.5) is 5.69 Å². The van der Waals surface area contributed by atoms with Crippen LogP contribution in [0.15, 0.2) is 27.6 Å². The third-order valence-corrected chi connectivity index (χ3v) is 1.95. The summed E-state index contributed by atoms with van der Waals surface area (Å²) in [5.41, 5.74) is 1.52. The SMILES string of the molecule is O=C=Nc1cccc2nc(CCl)oc12. The first-order valence-corrected chi connectivity index (χ1v) is 4.41. The van der Waals surface area contributed by atoms with Crippen LogP contribution in [0.2, 0.25) is 0 Å². The normalized spacial score (nSPS) is 10.1. The highest BCUT2D eigenvalue weighted by Crippen LogP contribution is 2.26. The maximum atomic E-state index is 10.1. The number of carbonyl (C=O) groups excluding carboxylic acids is 1. The summed E-state index contributed by atoms with van der Waals surface area (Å²) < 4.78 is 5.29. The molecule has 2 rings (SSSR count). The second-order valence-corrected chi connectivity index (χ2v) is 2.84. The van der Waals surface area contributed by atoms with Crippen LogP contribution in [0.5, 0.6) is 0 Å². The van der Waals surface area contributed by atoms with Gasteiger partial charge in [0.2, 0.25) is 12.0 Å². The molecule has 0 bridgehead atoms. The average Bonchev–Trinajstić information content (AvgIpc) is 2.62. The van der Waals surface area contributed by atoms with Gasteiger partial charge in [0, 0.05) is 0 Å². The van der Waals surface area contributed by atoms with Gasteiger partial charge in [-0.2, -0.15) is 4.99 Å². The molecule has 0 unspecified atom stereocenters. The maximum Gasteiger partial charge on any atom is 0.240 e. The van der Waals surface area contributed by atoms with Crippen molar-refractivity contribution in [1.82, 2.24) is 4.98 Å². The summed E-state index contributed by atoms with van der Waals surface area (Å²) in [5.74, 6) is 0.606. The molecule has 0 aliphatic rings. The van der Waals surface area contributed by atoms with E-state index in [2.05, 4.69) is 9.98 Å². The van der Waals surface area contributed by atoms with Crippen LogP contribution < -0.4 is 0 Å². The van der Waals surface area contributed by atoms with Crippen LogP contribution in [0.25, 0.3) is 11.1 Å². The van der Waals surface area contributed by atoms with Gasteiger partial charge in [0.1, 0.15) is 11.2 Å². The molecular formula is C9H5ClN2O2. The maximum absolute atomic E-state index is 10.1. The number of fused-ring (bicyclic) bond motifs is 1. The van der Waals surface area contributed by atoms with Crippen molar-refractivity contribution >= 4 is 34.5 Å². The molecule has 0 saturated heterocycles. The van der Waals surface area contributed by atoms with Crippen molar-refractivity contribution in [1.29, 1.82) is 0 Å². The lowest BCUT2D eigenvalue weighted by Gasteiger charge is -1.89. The second-order valence-electron chi connectivity index (χ2n) is 2.57. The third-order valence-electron chi connectivity index (χ3n) is 1.72. The van der Waals surface area contributed by atoms with Crippen LogP contribution in [0, 0.1) is 0 Å². The van der Waals surface area contributed by atoms with Gasteiger partial charge in [0.25, 0.3) is 0 Å². The van der Waals surface area contributed by atoms with Gasteiger partial charge in [-0.1, -0.05) is 6.07 Å². The first kappa shape index (κ1) is 8.94. The summed E-state index contributed by atoms with van der Waals surface area (Å²) in [6, 6.07) is 5.15. The van der Waals surface area contributed by atoms with Crippen molar-refractivity contribution in [2.75, 3.05) is 0 Å². The topological polar surface area (TPSA) is 55.5 Å². The highest BCUT2D eigenvalue weighted by Gasteiger charge is 2.07. The van der Waals surface area contributed by atoms with Crippen molar-refractivity contribution in [3.05, 3.63) is 24.1 Å². The minimum absolute atomic E-state index is 0.193. The Hall–Kier alpha value is -1.64. The Balaban J connectivity index is 2.72. The Bertz CT molecular complexity index is 515. The van der Waals surface area contributed by atoms with Gasteiger partial charge in [-0.3, -0.25) is 0 Å². The molecule has 0 aliphatic carbocycles. The lowest BCUT2D eigenvalue weighted by molar-refractivity contribution is 0.553. The monoisotopic (exact) mass is 208 g/mol. The van der Waals surface area contributed by atoms with E-state index in [0.29, 0.717) is 22.7 Å². The zero-order valence-corrected chi connectivity index (χ0v) is 7.78. The minimum Gasteiger partial charge on any atom is -0.437 e. The first-order valence-electron chi connectivity index (χ1n) is 3.87. The Morgan fingerprint density at radius 2 is 2.43 bits per heavy atom. The molecule has 0 amide bonds. The summed E-state index contributed by atoms with van der Waals surface area (Å²) in [6.45, 7) is 0. The lowest BCUT2D eigenvalue weighted by Crippen LogP contribution is -1.72. The quantitative estimate of drug-likeness (QED) is 0.433. The zero-order chi connectivity index (χ0) is 9.97. The predicted octanol–water partition coefficient (Wildman–Crippen LogP) is 2.53. The molecular weight excluding hydrogens is 204 g/mol. The van der Waals surface area contributed by atoms with Crippen LogP contribution in [-0.4, -0.2) is 11.1 Å². The molecule has 4 nitrogen and oxygen atoms in total. The number of benzene rings is 1. The molecule has 1 aromatic heterocycles. The van der Waals surface area contributed by atoms with Crippen molar-refractivity contribution < 1.29 is 9.21 Å². The molecule has 70 valence electrons. The van der Waals surface area contributed by atoms with E-state index < -0.39 is 0 Å². The fourth-order valence-electron chi connectivity index (χ4n) is 1.17. The molecule has 0 spiro atoms. The zero-order valence-electron chi connectivity index (χ0n) is 7.03. The molecule has 0 atom stereocenters. The number of hydrogen-bond donors (Lipinski definition) is 0. The number of aliphatic imine (C=N–C) groups is 1. The van der Waals surface area contributed by atoms with Gasteiger partial charge in [-0.25, -0.2) is 9.78 Å². The van der Waals surface area contributed by atoms with E-state index in [1.54, 1.807) is 18.2 Å². The van der Waals surface area contributed by atoms with E-state index in [0.717, 1.165) is 0 Å². The number of para-hydroxylation sites is 1.